The predicted molar refractivity (Wildman–Crippen MR) is 141 cm³/mol. The van der Waals surface area contributed by atoms with Gasteiger partial charge in [0.05, 0.1) is 22.4 Å². The van der Waals surface area contributed by atoms with Gasteiger partial charge in [-0.25, -0.2) is 9.97 Å². The number of rotatable bonds is 6. The first-order valence-electron chi connectivity index (χ1n) is 11.3. The van der Waals surface area contributed by atoms with Crippen molar-refractivity contribution in [3.63, 3.8) is 0 Å². The van der Waals surface area contributed by atoms with Gasteiger partial charge in [0.25, 0.3) is 0 Å². The number of benzene rings is 4. The summed E-state index contributed by atoms with van der Waals surface area (Å²) in [5.41, 5.74) is 4.50. The average Bonchev–Trinajstić information content (AvgIpc) is 2.89. The SMILES string of the molecule is Oc1ccccc1/C=N/c1cc2nc(O)c(Cc3ccccc3)nc2cc1/N=C/c1ccccc1O. The molecule has 5 rings (SSSR count). The van der Waals surface area contributed by atoms with E-state index >= 15 is 0 Å². The van der Waals surface area contributed by atoms with Gasteiger partial charge in [0.2, 0.25) is 5.88 Å². The van der Waals surface area contributed by atoms with E-state index in [9.17, 15) is 15.3 Å². The standard InChI is InChI=1S/C29H22N4O3/c34-27-12-6-4-10-20(27)17-30-22-15-24-25(16-23(22)31-18-21-11-5-7-13-28(21)35)33-29(36)26(32-24)14-19-8-2-1-3-9-19/h1-13,15-18,34-35H,14H2,(H,33,36)/b30-17+,31-18+. The van der Waals surface area contributed by atoms with Crippen molar-refractivity contribution in [1.29, 1.82) is 0 Å². The van der Waals surface area contributed by atoms with Gasteiger partial charge in [0.15, 0.2) is 0 Å². The molecule has 0 spiro atoms. The monoisotopic (exact) mass is 474 g/mol. The van der Waals surface area contributed by atoms with Crippen LogP contribution >= 0.6 is 0 Å². The molecule has 0 fully saturated rings. The molecule has 7 heteroatoms. The summed E-state index contributed by atoms with van der Waals surface area (Å²) in [6, 6.07) is 26.9. The zero-order valence-electron chi connectivity index (χ0n) is 19.2. The summed E-state index contributed by atoms with van der Waals surface area (Å²) in [6.07, 6.45) is 3.51. The molecule has 0 aliphatic carbocycles. The number of phenols is 2. The summed E-state index contributed by atoms with van der Waals surface area (Å²) in [5, 5.41) is 30.8. The second-order valence-electron chi connectivity index (χ2n) is 8.12. The Bertz CT molecular complexity index is 1600. The summed E-state index contributed by atoms with van der Waals surface area (Å²) in [4.78, 5) is 18.1. The molecule has 0 aliphatic rings. The van der Waals surface area contributed by atoms with E-state index in [1.165, 1.54) is 6.21 Å². The van der Waals surface area contributed by atoms with Crippen LogP contribution in [0, 0.1) is 0 Å². The first-order chi connectivity index (χ1) is 17.6. The maximum atomic E-state index is 10.6. The normalized spacial score (nSPS) is 11.6. The number of hydrogen-bond donors (Lipinski definition) is 3. The van der Waals surface area contributed by atoms with Crippen molar-refractivity contribution < 1.29 is 15.3 Å². The summed E-state index contributed by atoms with van der Waals surface area (Å²) >= 11 is 0. The van der Waals surface area contributed by atoms with Gasteiger partial charge < -0.3 is 15.3 Å². The van der Waals surface area contributed by atoms with Gasteiger partial charge in [-0.3, -0.25) is 9.98 Å². The second kappa shape index (κ2) is 10.1. The highest BCUT2D eigenvalue weighted by Crippen LogP contribution is 2.34. The lowest BCUT2D eigenvalue weighted by Crippen LogP contribution is -1.96. The van der Waals surface area contributed by atoms with Gasteiger partial charge in [-0.05, 0) is 42.0 Å². The molecule has 0 unspecified atom stereocenters. The van der Waals surface area contributed by atoms with E-state index in [1.807, 2.05) is 36.4 Å². The average molecular weight is 475 g/mol. The summed E-state index contributed by atoms with van der Waals surface area (Å²) in [6.45, 7) is 0. The van der Waals surface area contributed by atoms with Crippen LogP contribution in [-0.4, -0.2) is 37.7 Å². The molecule has 0 atom stereocenters. The van der Waals surface area contributed by atoms with Crippen LogP contribution in [0.3, 0.4) is 0 Å². The highest BCUT2D eigenvalue weighted by atomic mass is 16.3. The summed E-state index contributed by atoms with van der Waals surface area (Å²) in [7, 11) is 0. The van der Waals surface area contributed by atoms with Crippen molar-refractivity contribution in [1.82, 2.24) is 9.97 Å². The quantitative estimate of drug-likeness (QED) is 0.268. The first-order valence-corrected chi connectivity index (χ1v) is 11.3. The third-order valence-electron chi connectivity index (χ3n) is 5.58. The number of hydrogen-bond acceptors (Lipinski definition) is 7. The number of para-hydroxylation sites is 2. The van der Waals surface area contributed by atoms with Crippen LogP contribution in [0.25, 0.3) is 11.0 Å². The lowest BCUT2D eigenvalue weighted by molar-refractivity contribution is 0.446. The minimum atomic E-state index is -0.146. The molecule has 3 N–H and O–H groups in total. The molecule has 5 aromatic rings. The number of aromatic nitrogens is 2. The Morgan fingerprint density at radius 3 is 1.67 bits per heavy atom. The molecule has 0 aliphatic heterocycles. The molecule has 36 heavy (non-hydrogen) atoms. The van der Waals surface area contributed by atoms with E-state index in [4.69, 9.17) is 0 Å². The molecule has 176 valence electrons. The van der Waals surface area contributed by atoms with E-state index in [2.05, 4.69) is 20.0 Å². The van der Waals surface area contributed by atoms with Gasteiger partial charge in [-0.15, -0.1) is 0 Å². The van der Waals surface area contributed by atoms with Gasteiger partial charge in [0.1, 0.15) is 17.2 Å². The van der Waals surface area contributed by atoms with Crippen molar-refractivity contribution in [2.45, 2.75) is 6.42 Å². The molecule has 1 aromatic heterocycles. The molecule has 0 saturated heterocycles. The highest BCUT2D eigenvalue weighted by molar-refractivity contribution is 5.93. The number of nitrogens with zero attached hydrogens (tertiary/aromatic N) is 4. The van der Waals surface area contributed by atoms with E-state index in [1.54, 1.807) is 60.8 Å². The molecular weight excluding hydrogens is 452 g/mol. The highest BCUT2D eigenvalue weighted by Gasteiger charge is 2.12. The largest absolute Gasteiger partial charge is 0.507 e. The van der Waals surface area contributed by atoms with Crippen molar-refractivity contribution >= 4 is 34.8 Å². The maximum Gasteiger partial charge on any atom is 0.234 e. The predicted octanol–water partition coefficient (Wildman–Crippen LogP) is 5.84. The molecular formula is C29H22N4O3. The molecule has 4 aromatic carbocycles. The molecule has 0 bridgehead atoms. The third kappa shape index (κ3) is 5.05. The smallest absolute Gasteiger partial charge is 0.234 e. The zero-order valence-corrected chi connectivity index (χ0v) is 19.2. The topological polar surface area (TPSA) is 111 Å². The molecule has 0 amide bonds. The zero-order chi connectivity index (χ0) is 24.9. The summed E-state index contributed by atoms with van der Waals surface area (Å²) in [5.74, 6) is 0.0629. The van der Waals surface area contributed by atoms with Gasteiger partial charge in [-0.1, -0.05) is 54.6 Å². The molecule has 0 saturated carbocycles. The van der Waals surface area contributed by atoms with Crippen LogP contribution in [0.1, 0.15) is 22.4 Å². The minimum Gasteiger partial charge on any atom is -0.507 e. The molecule has 0 radical (unpaired) electrons. The number of aromatic hydroxyl groups is 3. The van der Waals surface area contributed by atoms with E-state index in [-0.39, 0.29) is 17.4 Å². The fourth-order valence-corrected chi connectivity index (χ4v) is 3.69. The Morgan fingerprint density at radius 2 is 1.11 bits per heavy atom. The Hall–Kier alpha value is -5.04. The van der Waals surface area contributed by atoms with Gasteiger partial charge in [0, 0.05) is 30.0 Å². The van der Waals surface area contributed by atoms with Crippen LogP contribution in [0.4, 0.5) is 11.4 Å². The van der Waals surface area contributed by atoms with Crippen LogP contribution in [0.5, 0.6) is 17.4 Å². The Labute approximate surface area is 207 Å². The second-order valence-corrected chi connectivity index (χ2v) is 8.12. The Morgan fingerprint density at radius 1 is 0.611 bits per heavy atom. The van der Waals surface area contributed by atoms with E-state index < -0.39 is 0 Å². The maximum absolute atomic E-state index is 10.6. The summed E-state index contributed by atoms with van der Waals surface area (Å²) < 4.78 is 0. The number of phenolic OH excluding ortho intramolecular Hbond substituents is 2. The van der Waals surface area contributed by atoms with Crippen LogP contribution in [0.2, 0.25) is 0 Å². The van der Waals surface area contributed by atoms with Crippen LogP contribution in [-0.2, 0) is 6.42 Å². The van der Waals surface area contributed by atoms with Crippen molar-refractivity contribution in [3.05, 3.63) is 113 Å². The first kappa shape index (κ1) is 22.7. The third-order valence-corrected chi connectivity index (χ3v) is 5.58. The molecule has 1 heterocycles. The Balaban J connectivity index is 1.60. The van der Waals surface area contributed by atoms with Gasteiger partial charge >= 0.3 is 0 Å². The van der Waals surface area contributed by atoms with Crippen molar-refractivity contribution in [2.75, 3.05) is 0 Å². The lowest BCUT2D eigenvalue weighted by Gasteiger charge is -2.08. The number of fused-ring (bicyclic) bond motifs is 1. The number of aliphatic imine (C=N–C) groups is 2. The van der Waals surface area contributed by atoms with Crippen LogP contribution in [0.15, 0.2) is 101 Å². The fourth-order valence-electron chi connectivity index (χ4n) is 3.69. The van der Waals surface area contributed by atoms with Gasteiger partial charge in [-0.2, -0.15) is 0 Å². The lowest BCUT2D eigenvalue weighted by atomic mass is 10.1. The Kier molecular flexibility index (Phi) is 6.36. The van der Waals surface area contributed by atoms with E-state index in [0.29, 0.717) is 45.6 Å². The van der Waals surface area contributed by atoms with Crippen molar-refractivity contribution in [2.24, 2.45) is 9.98 Å². The molecule has 7 nitrogen and oxygen atoms in total. The van der Waals surface area contributed by atoms with Crippen molar-refractivity contribution in [3.8, 4) is 17.4 Å². The fraction of sp³-hybridized carbons (Fsp3) is 0.0345. The van der Waals surface area contributed by atoms with Crippen LogP contribution < -0.4 is 0 Å². The van der Waals surface area contributed by atoms with E-state index in [0.717, 1.165) is 5.56 Å². The minimum absolute atomic E-state index is 0.101.